The van der Waals surface area contributed by atoms with Gasteiger partial charge in [0.05, 0.1) is 28.1 Å². The van der Waals surface area contributed by atoms with Crippen LogP contribution in [0, 0.1) is 0 Å². The quantitative estimate of drug-likeness (QED) is 0.686. The maximum atomic E-state index is 13.2. The van der Waals surface area contributed by atoms with Crippen LogP contribution in [0.4, 0.5) is 5.95 Å². The van der Waals surface area contributed by atoms with E-state index in [0.29, 0.717) is 31.3 Å². The molecule has 1 N–H and O–H groups in total. The summed E-state index contributed by atoms with van der Waals surface area (Å²) in [6, 6.07) is 7.62. The van der Waals surface area contributed by atoms with Crippen LogP contribution in [0.1, 0.15) is 42.5 Å². The van der Waals surface area contributed by atoms with Crippen LogP contribution in [0.25, 0.3) is 10.2 Å². The van der Waals surface area contributed by atoms with E-state index in [0.717, 1.165) is 22.3 Å². The third kappa shape index (κ3) is 3.83. The van der Waals surface area contributed by atoms with Gasteiger partial charge >= 0.3 is 0 Å². The lowest BCUT2D eigenvalue weighted by Crippen LogP contribution is -2.31. The Kier molecular flexibility index (Phi) is 5.50. The van der Waals surface area contributed by atoms with E-state index < -0.39 is 0 Å². The molecule has 4 heterocycles. The van der Waals surface area contributed by atoms with Crippen LogP contribution in [-0.4, -0.2) is 51.6 Å². The molecular weight excluding hydrogens is 374 g/mol. The number of aromatic nitrogens is 3. The van der Waals surface area contributed by atoms with E-state index in [4.69, 9.17) is 4.74 Å². The minimum atomic E-state index is -0.0747. The minimum absolute atomic E-state index is 0.0643. The van der Waals surface area contributed by atoms with Gasteiger partial charge in [-0.05, 0) is 43.8 Å². The first kappa shape index (κ1) is 18.8. The normalized spacial score (nSPS) is 17.8. The van der Waals surface area contributed by atoms with Crippen LogP contribution >= 0.6 is 11.3 Å². The van der Waals surface area contributed by atoms with E-state index in [1.165, 1.54) is 11.3 Å². The monoisotopic (exact) mass is 397 g/mol. The number of likely N-dealkylation sites (tertiary alicyclic amines) is 1. The molecule has 8 heteroatoms. The molecule has 0 aromatic carbocycles. The van der Waals surface area contributed by atoms with E-state index in [1.807, 2.05) is 48.4 Å². The highest BCUT2D eigenvalue weighted by atomic mass is 32.1. The van der Waals surface area contributed by atoms with Gasteiger partial charge in [-0.1, -0.05) is 6.07 Å². The van der Waals surface area contributed by atoms with Crippen molar-refractivity contribution < 1.29 is 9.53 Å². The van der Waals surface area contributed by atoms with Gasteiger partial charge in [0.25, 0.3) is 5.91 Å². The summed E-state index contributed by atoms with van der Waals surface area (Å²) in [5.74, 6) is 0.374. The number of nitrogens with zero attached hydrogens (tertiary/aromatic N) is 4. The fraction of sp³-hybridized carbons (Fsp3) is 0.400. The smallest absolute Gasteiger partial charge is 0.274 e. The third-order valence-electron chi connectivity index (χ3n) is 4.82. The number of ether oxygens (including phenoxy) is 1. The summed E-state index contributed by atoms with van der Waals surface area (Å²) in [6.07, 6.45) is 2.73. The molecule has 4 rings (SSSR count). The predicted octanol–water partition coefficient (Wildman–Crippen LogP) is 3.51. The van der Waals surface area contributed by atoms with Gasteiger partial charge in [0.2, 0.25) is 5.95 Å². The molecule has 0 saturated carbocycles. The van der Waals surface area contributed by atoms with Gasteiger partial charge in [-0.25, -0.2) is 9.97 Å². The zero-order chi connectivity index (χ0) is 19.5. The molecular formula is C20H23N5O2S. The van der Waals surface area contributed by atoms with Crippen molar-refractivity contribution >= 4 is 33.4 Å². The number of nitrogens with one attached hydrogen (secondary N) is 1. The second-order valence-corrected chi connectivity index (χ2v) is 7.68. The van der Waals surface area contributed by atoms with Crippen molar-refractivity contribution in [2.45, 2.75) is 32.4 Å². The Morgan fingerprint density at radius 1 is 1.39 bits per heavy atom. The number of rotatable bonds is 6. The summed E-state index contributed by atoms with van der Waals surface area (Å²) >= 11 is 1.49. The molecule has 28 heavy (non-hydrogen) atoms. The number of carbonyl (C=O) groups excluding carboxylic acids is 1. The van der Waals surface area contributed by atoms with Gasteiger partial charge in [-0.3, -0.25) is 9.78 Å². The number of anilines is 1. The number of fused-ring (bicyclic) bond motifs is 1. The second-order valence-electron chi connectivity index (χ2n) is 6.77. The lowest BCUT2D eigenvalue weighted by atomic mass is 10.2. The van der Waals surface area contributed by atoms with Crippen LogP contribution in [0.15, 0.2) is 35.8 Å². The molecule has 2 atom stereocenters. The van der Waals surface area contributed by atoms with Gasteiger partial charge < -0.3 is 15.0 Å². The first-order valence-electron chi connectivity index (χ1n) is 9.49. The fourth-order valence-corrected chi connectivity index (χ4v) is 4.22. The van der Waals surface area contributed by atoms with Crippen LogP contribution in [0.2, 0.25) is 0 Å². The number of thiophene rings is 1. The van der Waals surface area contributed by atoms with Gasteiger partial charge in [-0.15, -0.1) is 11.3 Å². The Labute approximate surface area is 167 Å². The molecule has 1 aliphatic heterocycles. The van der Waals surface area contributed by atoms with Crippen molar-refractivity contribution in [1.29, 1.82) is 0 Å². The van der Waals surface area contributed by atoms with E-state index in [9.17, 15) is 4.79 Å². The fourth-order valence-electron chi connectivity index (χ4n) is 3.41. The topological polar surface area (TPSA) is 80.2 Å². The number of hydrogen-bond donors (Lipinski definition) is 1. The molecule has 3 aromatic rings. The average molecular weight is 398 g/mol. The van der Waals surface area contributed by atoms with Crippen LogP contribution in [-0.2, 0) is 4.74 Å². The molecule has 1 saturated heterocycles. The highest BCUT2D eigenvalue weighted by Gasteiger charge is 2.30. The molecule has 146 valence electrons. The Balaban J connectivity index is 1.60. The van der Waals surface area contributed by atoms with E-state index >= 15 is 0 Å². The van der Waals surface area contributed by atoms with Crippen LogP contribution in [0.3, 0.4) is 0 Å². The van der Waals surface area contributed by atoms with Crippen LogP contribution in [0.5, 0.6) is 0 Å². The van der Waals surface area contributed by atoms with Gasteiger partial charge in [0.15, 0.2) is 5.69 Å². The standard InChI is InChI=1S/C20H23N5O2S/c1-3-27-14-7-10-25(12-14)19(26)17-18-16(8-11-28-18)23-20(24-17)22-13(2)15-6-4-5-9-21-15/h4-6,8-9,11,13-14H,3,7,10,12H2,1-2H3,(H,22,23,24). The summed E-state index contributed by atoms with van der Waals surface area (Å²) in [6.45, 7) is 5.93. The maximum Gasteiger partial charge on any atom is 0.274 e. The summed E-state index contributed by atoms with van der Waals surface area (Å²) < 4.78 is 6.49. The van der Waals surface area contributed by atoms with Crippen LogP contribution < -0.4 is 5.32 Å². The number of carbonyl (C=O) groups is 1. The Bertz CT molecular complexity index is 962. The molecule has 0 spiro atoms. The van der Waals surface area contributed by atoms with Gasteiger partial charge in [0, 0.05) is 25.9 Å². The van der Waals surface area contributed by atoms with Crippen molar-refractivity contribution in [3.05, 3.63) is 47.2 Å². The third-order valence-corrected chi connectivity index (χ3v) is 5.73. The lowest BCUT2D eigenvalue weighted by Gasteiger charge is -2.18. The largest absolute Gasteiger partial charge is 0.377 e. The molecule has 0 radical (unpaired) electrons. The molecule has 1 amide bonds. The van der Waals surface area contributed by atoms with Gasteiger partial charge in [0.1, 0.15) is 0 Å². The van der Waals surface area contributed by atoms with Crippen molar-refractivity contribution in [3.63, 3.8) is 0 Å². The van der Waals surface area contributed by atoms with Crippen molar-refractivity contribution in [1.82, 2.24) is 19.9 Å². The summed E-state index contributed by atoms with van der Waals surface area (Å²) in [5, 5.41) is 5.22. The van der Waals surface area contributed by atoms with E-state index in [-0.39, 0.29) is 18.1 Å². The van der Waals surface area contributed by atoms with Crippen molar-refractivity contribution in [2.75, 3.05) is 25.0 Å². The summed E-state index contributed by atoms with van der Waals surface area (Å²) in [5.41, 5.74) is 2.12. The maximum absolute atomic E-state index is 13.2. The molecule has 0 bridgehead atoms. The van der Waals surface area contributed by atoms with Gasteiger partial charge in [-0.2, -0.15) is 0 Å². The van der Waals surface area contributed by atoms with Crippen molar-refractivity contribution in [2.24, 2.45) is 0 Å². The lowest BCUT2D eigenvalue weighted by molar-refractivity contribution is 0.0596. The minimum Gasteiger partial charge on any atom is -0.377 e. The highest BCUT2D eigenvalue weighted by Crippen LogP contribution is 2.27. The number of pyridine rings is 1. The first-order chi connectivity index (χ1) is 13.7. The predicted molar refractivity (Wildman–Crippen MR) is 110 cm³/mol. The van der Waals surface area contributed by atoms with E-state index in [2.05, 4.69) is 20.3 Å². The zero-order valence-corrected chi connectivity index (χ0v) is 16.8. The molecule has 1 fully saturated rings. The van der Waals surface area contributed by atoms with E-state index in [1.54, 1.807) is 6.20 Å². The molecule has 1 aliphatic rings. The SMILES string of the molecule is CCOC1CCN(C(=O)c2nc(NC(C)c3ccccn3)nc3ccsc23)C1. The van der Waals surface area contributed by atoms with Crippen molar-refractivity contribution in [3.8, 4) is 0 Å². The number of amides is 1. The second kappa shape index (κ2) is 8.20. The molecule has 0 aliphatic carbocycles. The highest BCUT2D eigenvalue weighted by molar-refractivity contribution is 7.17. The zero-order valence-electron chi connectivity index (χ0n) is 16.0. The Morgan fingerprint density at radius 2 is 2.29 bits per heavy atom. The average Bonchev–Trinajstić information content (AvgIpc) is 3.37. The first-order valence-corrected chi connectivity index (χ1v) is 10.4. The summed E-state index contributed by atoms with van der Waals surface area (Å²) in [4.78, 5) is 28.5. The molecule has 2 unspecified atom stereocenters. The summed E-state index contributed by atoms with van der Waals surface area (Å²) in [7, 11) is 0. The Hall–Kier alpha value is -2.58. The number of hydrogen-bond acceptors (Lipinski definition) is 7. The molecule has 3 aromatic heterocycles. The molecule has 7 nitrogen and oxygen atoms in total. The Morgan fingerprint density at radius 3 is 3.07 bits per heavy atom.